The number of nitrogens with two attached hydrogens (primary N) is 2. The van der Waals surface area contributed by atoms with Crippen molar-refractivity contribution in [3.05, 3.63) is 34.3 Å². The van der Waals surface area contributed by atoms with E-state index in [1.165, 1.54) is 0 Å². The number of benzene rings is 1. The van der Waals surface area contributed by atoms with Gasteiger partial charge in [-0.15, -0.1) is 0 Å². The van der Waals surface area contributed by atoms with E-state index >= 15 is 0 Å². The van der Waals surface area contributed by atoms with Gasteiger partial charge in [0.25, 0.3) is 5.91 Å². The van der Waals surface area contributed by atoms with Crippen LogP contribution in [0, 0.1) is 0 Å². The van der Waals surface area contributed by atoms with Gasteiger partial charge < -0.3 is 11.5 Å². The minimum atomic E-state index is -0.541. The maximum absolute atomic E-state index is 10.9. The van der Waals surface area contributed by atoms with E-state index in [-0.39, 0.29) is 6.54 Å². The van der Waals surface area contributed by atoms with E-state index in [0.29, 0.717) is 16.1 Å². The standard InChI is InChI=1S/C8H9ClN2O/c9-6-3-1-2-5(4-10)7(6)8(11)12/h1-3H,4,10H2,(H2,11,12). The van der Waals surface area contributed by atoms with Gasteiger partial charge in [-0.25, -0.2) is 0 Å². The minimum absolute atomic E-state index is 0.263. The van der Waals surface area contributed by atoms with Crippen LogP contribution in [0.2, 0.25) is 5.02 Å². The number of hydrogen-bond acceptors (Lipinski definition) is 2. The molecule has 0 aliphatic carbocycles. The number of carbonyl (C=O) groups is 1. The minimum Gasteiger partial charge on any atom is -0.366 e. The van der Waals surface area contributed by atoms with Crippen LogP contribution in [0.3, 0.4) is 0 Å². The maximum Gasteiger partial charge on any atom is 0.250 e. The quantitative estimate of drug-likeness (QED) is 0.717. The van der Waals surface area contributed by atoms with Crippen LogP contribution in [0.15, 0.2) is 18.2 Å². The number of amides is 1. The molecule has 0 bridgehead atoms. The molecule has 0 atom stereocenters. The van der Waals surface area contributed by atoms with E-state index < -0.39 is 5.91 Å². The van der Waals surface area contributed by atoms with Crippen molar-refractivity contribution in [3.8, 4) is 0 Å². The molecule has 0 radical (unpaired) electrons. The smallest absolute Gasteiger partial charge is 0.250 e. The number of carbonyl (C=O) groups excluding carboxylic acids is 1. The van der Waals surface area contributed by atoms with Crippen LogP contribution in [-0.4, -0.2) is 5.91 Å². The molecule has 0 aromatic heterocycles. The van der Waals surface area contributed by atoms with Gasteiger partial charge in [-0.05, 0) is 11.6 Å². The monoisotopic (exact) mass is 184 g/mol. The van der Waals surface area contributed by atoms with Crippen molar-refractivity contribution >= 4 is 17.5 Å². The first kappa shape index (κ1) is 9.03. The van der Waals surface area contributed by atoms with Crippen LogP contribution in [0.4, 0.5) is 0 Å². The molecule has 0 unspecified atom stereocenters. The molecular weight excluding hydrogens is 176 g/mol. The molecule has 4 heteroatoms. The zero-order chi connectivity index (χ0) is 9.14. The van der Waals surface area contributed by atoms with E-state index in [2.05, 4.69) is 0 Å². The van der Waals surface area contributed by atoms with Gasteiger partial charge in [0.05, 0.1) is 10.6 Å². The van der Waals surface area contributed by atoms with Gasteiger partial charge >= 0.3 is 0 Å². The summed E-state index contributed by atoms with van der Waals surface area (Å²) in [7, 11) is 0. The second kappa shape index (κ2) is 3.56. The normalized spacial score (nSPS) is 9.83. The molecule has 12 heavy (non-hydrogen) atoms. The third-order valence-electron chi connectivity index (χ3n) is 1.57. The summed E-state index contributed by atoms with van der Waals surface area (Å²) in [6.07, 6.45) is 0. The molecule has 1 rings (SSSR count). The summed E-state index contributed by atoms with van der Waals surface area (Å²) in [5.74, 6) is -0.541. The van der Waals surface area contributed by atoms with Crippen LogP contribution in [0.25, 0.3) is 0 Å². The molecular formula is C8H9ClN2O. The van der Waals surface area contributed by atoms with Crippen LogP contribution in [0.5, 0.6) is 0 Å². The molecule has 1 aromatic carbocycles. The Morgan fingerprint density at radius 2 is 2.17 bits per heavy atom. The molecule has 64 valence electrons. The third-order valence-corrected chi connectivity index (χ3v) is 1.88. The molecule has 4 N–H and O–H groups in total. The fraction of sp³-hybridized carbons (Fsp3) is 0.125. The Morgan fingerprint density at radius 1 is 1.50 bits per heavy atom. The summed E-state index contributed by atoms with van der Waals surface area (Å²) in [6.45, 7) is 0.263. The van der Waals surface area contributed by atoms with Crippen molar-refractivity contribution in [3.63, 3.8) is 0 Å². The Labute approximate surface area is 75.3 Å². The van der Waals surface area contributed by atoms with Crippen molar-refractivity contribution in [2.75, 3.05) is 0 Å². The first-order chi connectivity index (χ1) is 5.66. The SMILES string of the molecule is NCc1cccc(Cl)c1C(N)=O. The average Bonchev–Trinajstić information content (AvgIpc) is 2.03. The first-order valence-electron chi connectivity index (χ1n) is 3.44. The highest BCUT2D eigenvalue weighted by Gasteiger charge is 2.10. The molecule has 1 amide bonds. The van der Waals surface area contributed by atoms with Gasteiger partial charge in [0.15, 0.2) is 0 Å². The largest absolute Gasteiger partial charge is 0.366 e. The second-order valence-corrected chi connectivity index (χ2v) is 2.75. The Kier molecular flexibility index (Phi) is 2.68. The van der Waals surface area contributed by atoms with Crippen molar-refractivity contribution < 1.29 is 4.79 Å². The molecule has 0 saturated carbocycles. The molecule has 0 aliphatic rings. The Balaban J connectivity index is 3.29. The first-order valence-corrected chi connectivity index (χ1v) is 3.82. The summed E-state index contributed by atoms with van der Waals surface area (Å²) in [5, 5.41) is 0.352. The fourth-order valence-electron chi connectivity index (χ4n) is 1.01. The van der Waals surface area contributed by atoms with E-state index in [1.807, 2.05) is 0 Å². The lowest BCUT2D eigenvalue weighted by molar-refractivity contribution is 0.0999. The molecule has 0 fully saturated rings. The zero-order valence-corrected chi connectivity index (χ0v) is 7.14. The van der Waals surface area contributed by atoms with Crippen molar-refractivity contribution in [2.45, 2.75) is 6.54 Å². The maximum atomic E-state index is 10.9. The molecule has 0 aliphatic heterocycles. The highest BCUT2D eigenvalue weighted by Crippen LogP contribution is 2.18. The Hall–Kier alpha value is -1.06. The Bertz CT molecular complexity index is 312. The summed E-state index contributed by atoms with van der Waals surface area (Å²) >= 11 is 5.75. The van der Waals surface area contributed by atoms with Crippen LogP contribution in [-0.2, 0) is 6.54 Å². The number of halogens is 1. The molecule has 0 spiro atoms. The Morgan fingerprint density at radius 3 is 2.58 bits per heavy atom. The van der Waals surface area contributed by atoms with Gasteiger partial charge in [-0.3, -0.25) is 4.79 Å². The summed E-state index contributed by atoms with van der Waals surface area (Å²) in [6, 6.07) is 5.07. The lowest BCUT2D eigenvalue weighted by atomic mass is 10.1. The third kappa shape index (κ3) is 1.57. The van der Waals surface area contributed by atoms with Crippen LogP contribution >= 0.6 is 11.6 Å². The lowest BCUT2D eigenvalue weighted by Gasteiger charge is -2.04. The average molecular weight is 185 g/mol. The summed E-state index contributed by atoms with van der Waals surface area (Å²) in [4.78, 5) is 10.9. The molecule has 0 saturated heterocycles. The van der Waals surface area contributed by atoms with Gasteiger partial charge in [-0.2, -0.15) is 0 Å². The van der Waals surface area contributed by atoms with Crippen molar-refractivity contribution in [1.82, 2.24) is 0 Å². The van der Waals surface area contributed by atoms with E-state index in [0.717, 1.165) is 0 Å². The van der Waals surface area contributed by atoms with Crippen LogP contribution < -0.4 is 11.5 Å². The number of hydrogen-bond donors (Lipinski definition) is 2. The second-order valence-electron chi connectivity index (χ2n) is 2.34. The number of rotatable bonds is 2. The predicted octanol–water partition coefficient (Wildman–Crippen LogP) is 0.898. The molecule has 1 aromatic rings. The van der Waals surface area contributed by atoms with E-state index in [1.54, 1.807) is 18.2 Å². The summed E-state index contributed by atoms with van der Waals surface area (Å²) in [5.41, 5.74) is 11.5. The molecule has 0 heterocycles. The zero-order valence-electron chi connectivity index (χ0n) is 6.38. The van der Waals surface area contributed by atoms with Gasteiger partial charge in [0, 0.05) is 6.54 Å². The van der Waals surface area contributed by atoms with Gasteiger partial charge in [0.1, 0.15) is 0 Å². The van der Waals surface area contributed by atoms with E-state index in [4.69, 9.17) is 23.1 Å². The topological polar surface area (TPSA) is 69.1 Å². The number of primary amides is 1. The predicted molar refractivity (Wildman–Crippen MR) is 47.9 cm³/mol. The van der Waals surface area contributed by atoms with Gasteiger partial charge in [-0.1, -0.05) is 23.7 Å². The summed E-state index contributed by atoms with van der Waals surface area (Å²) < 4.78 is 0. The highest BCUT2D eigenvalue weighted by atomic mass is 35.5. The molecule has 3 nitrogen and oxygen atoms in total. The lowest BCUT2D eigenvalue weighted by Crippen LogP contribution is -2.16. The van der Waals surface area contributed by atoms with E-state index in [9.17, 15) is 4.79 Å². The van der Waals surface area contributed by atoms with Crippen LogP contribution in [0.1, 0.15) is 15.9 Å². The van der Waals surface area contributed by atoms with Crippen molar-refractivity contribution in [1.29, 1.82) is 0 Å². The fourth-order valence-corrected chi connectivity index (χ4v) is 1.30. The highest BCUT2D eigenvalue weighted by molar-refractivity contribution is 6.34. The van der Waals surface area contributed by atoms with Gasteiger partial charge in [0.2, 0.25) is 0 Å². The van der Waals surface area contributed by atoms with Crippen molar-refractivity contribution in [2.24, 2.45) is 11.5 Å².